The monoisotopic (exact) mass is 390 g/mol. The van der Waals surface area contributed by atoms with Gasteiger partial charge >= 0.3 is 6.09 Å². The number of ether oxygens (including phenoxy) is 1. The Bertz CT molecular complexity index is 982. The summed E-state index contributed by atoms with van der Waals surface area (Å²) in [6.45, 7) is 3.67. The van der Waals surface area contributed by atoms with E-state index in [4.69, 9.17) is 4.74 Å². The number of amides is 4. The fourth-order valence-electron chi connectivity index (χ4n) is 3.71. The lowest BCUT2D eigenvalue weighted by Gasteiger charge is -2.47. The first kappa shape index (κ1) is 18.6. The van der Waals surface area contributed by atoms with Crippen LogP contribution in [0.15, 0.2) is 67.3 Å². The van der Waals surface area contributed by atoms with Crippen molar-refractivity contribution in [2.45, 2.75) is 24.9 Å². The van der Waals surface area contributed by atoms with Gasteiger partial charge in [-0.2, -0.15) is 0 Å². The summed E-state index contributed by atoms with van der Waals surface area (Å²) in [4.78, 5) is 52.9. The number of para-hydroxylation sites is 1. The minimum Gasteiger partial charge on any atom is -0.410 e. The zero-order valence-corrected chi connectivity index (χ0v) is 15.5. The molecule has 4 rings (SSSR count). The van der Waals surface area contributed by atoms with Gasteiger partial charge in [0, 0.05) is 0 Å². The summed E-state index contributed by atoms with van der Waals surface area (Å²) in [5, 5.41) is 0. The molecule has 0 aliphatic carbocycles. The summed E-state index contributed by atoms with van der Waals surface area (Å²) in [7, 11) is 0. The van der Waals surface area contributed by atoms with Crippen LogP contribution in [-0.4, -0.2) is 45.7 Å². The molecule has 29 heavy (non-hydrogen) atoms. The Kier molecular flexibility index (Phi) is 4.72. The SMILES string of the molecule is C=CCC[C@@H]1[C@H](N2C(=O)c3ccccc3C2=O)C(=O)N1C(=O)Oc1ccccc1. The Morgan fingerprint density at radius 2 is 1.55 bits per heavy atom. The van der Waals surface area contributed by atoms with E-state index >= 15 is 0 Å². The number of rotatable bonds is 5. The Hall–Kier alpha value is -3.74. The van der Waals surface area contributed by atoms with Gasteiger partial charge in [0.05, 0.1) is 17.2 Å². The van der Waals surface area contributed by atoms with Gasteiger partial charge in [0.1, 0.15) is 11.8 Å². The van der Waals surface area contributed by atoms with Crippen LogP contribution in [0.1, 0.15) is 33.6 Å². The molecule has 1 saturated heterocycles. The number of benzene rings is 2. The van der Waals surface area contributed by atoms with Crippen LogP contribution < -0.4 is 4.74 Å². The van der Waals surface area contributed by atoms with Crippen molar-refractivity contribution in [2.24, 2.45) is 0 Å². The van der Waals surface area contributed by atoms with Gasteiger partial charge in [-0.25, -0.2) is 9.69 Å². The largest absolute Gasteiger partial charge is 0.422 e. The van der Waals surface area contributed by atoms with E-state index in [0.29, 0.717) is 18.6 Å². The van der Waals surface area contributed by atoms with Gasteiger partial charge in [-0.15, -0.1) is 6.58 Å². The second-order valence-corrected chi connectivity index (χ2v) is 6.79. The maximum Gasteiger partial charge on any atom is 0.422 e. The second kappa shape index (κ2) is 7.35. The first-order valence-electron chi connectivity index (χ1n) is 9.22. The Labute approximate surface area is 167 Å². The average molecular weight is 390 g/mol. The topological polar surface area (TPSA) is 84.0 Å². The van der Waals surface area contributed by atoms with E-state index in [1.54, 1.807) is 60.7 Å². The standard InChI is InChI=1S/C22H18N2O5/c1-2-3-13-17-18(24-19(25)15-11-7-8-12-16(15)20(24)26)21(27)23(17)22(28)29-14-9-5-4-6-10-14/h2,4-12,17-18H,1,3,13H2/t17-,18+/m1/s1. The molecular weight excluding hydrogens is 372 g/mol. The number of allylic oxidation sites excluding steroid dienone is 1. The molecule has 0 radical (unpaired) electrons. The van der Waals surface area contributed by atoms with Crippen molar-refractivity contribution in [2.75, 3.05) is 0 Å². The minimum absolute atomic E-state index is 0.262. The van der Waals surface area contributed by atoms with E-state index in [-0.39, 0.29) is 11.1 Å². The smallest absolute Gasteiger partial charge is 0.410 e. The quantitative estimate of drug-likeness (QED) is 0.445. The van der Waals surface area contributed by atoms with Crippen LogP contribution >= 0.6 is 0 Å². The highest BCUT2D eigenvalue weighted by atomic mass is 16.6. The van der Waals surface area contributed by atoms with Gasteiger partial charge in [0.2, 0.25) is 0 Å². The van der Waals surface area contributed by atoms with Gasteiger partial charge in [-0.1, -0.05) is 36.4 Å². The molecule has 146 valence electrons. The van der Waals surface area contributed by atoms with Crippen molar-refractivity contribution in [1.82, 2.24) is 9.80 Å². The first-order valence-corrected chi connectivity index (χ1v) is 9.22. The van der Waals surface area contributed by atoms with Crippen LogP contribution in [0.25, 0.3) is 0 Å². The van der Waals surface area contributed by atoms with E-state index in [2.05, 4.69) is 6.58 Å². The maximum atomic E-state index is 12.8. The molecule has 4 amide bonds. The van der Waals surface area contributed by atoms with Gasteiger partial charge in [0.25, 0.3) is 17.7 Å². The number of carbonyl (C=O) groups excluding carboxylic acids is 4. The first-order chi connectivity index (χ1) is 14.0. The normalized spacial score (nSPS) is 20.3. The Balaban J connectivity index is 1.59. The molecule has 0 N–H and O–H groups in total. The number of likely N-dealkylation sites (tertiary alicyclic amines) is 1. The van der Waals surface area contributed by atoms with E-state index in [9.17, 15) is 19.2 Å². The highest BCUT2D eigenvalue weighted by Gasteiger charge is 2.58. The lowest BCUT2D eigenvalue weighted by Crippen LogP contribution is -2.73. The zero-order chi connectivity index (χ0) is 20.5. The average Bonchev–Trinajstić information content (AvgIpc) is 2.97. The molecule has 0 saturated carbocycles. The number of nitrogens with zero attached hydrogens (tertiary/aromatic N) is 2. The molecule has 2 aromatic rings. The van der Waals surface area contributed by atoms with Crippen LogP contribution in [-0.2, 0) is 4.79 Å². The number of hydrogen-bond acceptors (Lipinski definition) is 5. The number of β-lactam (4-membered cyclic amide) rings is 1. The molecule has 7 nitrogen and oxygen atoms in total. The van der Waals surface area contributed by atoms with Crippen molar-refractivity contribution in [3.8, 4) is 5.75 Å². The molecule has 2 heterocycles. The lowest BCUT2D eigenvalue weighted by molar-refractivity contribution is -0.151. The van der Waals surface area contributed by atoms with Crippen LogP contribution in [0.4, 0.5) is 4.79 Å². The predicted octanol–water partition coefficient (Wildman–Crippen LogP) is 3.03. The van der Waals surface area contributed by atoms with Crippen molar-refractivity contribution >= 4 is 23.8 Å². The zero-order valence-electron chi connectivity index (χ0n) is 15.5. The van der Waals surface area contributed by atoms with Crippen molar-refractivity contribution < 1.29 is 23.9 Å². The molecule has 0 aromatic heterocycles. The second-order valence-electron chi connectivity index (χ2n) is 6.79. The third kappa shape index (κ3) is 3.00. The van der Waals surface area contributed by atoms with Gasteiger partial charge < -0.3 is 4.74 Å². The summed E-state index contributed by atoms with van der Waals surface area (Å²) in [6, 6.07) is 13.1. The molecule has 0 unspecified atom stereocenters. The summed E-state index contributed by atoms with van der Waals surface area (Å²) in [6.07, 6.45) is 1.70. The summed E-state index contributed by atoms with van der Waals surface area (Å²) in [5.41, 5.74) is 0.524. The van der Waals surface area contributed by atoms with Gasteiger partial charge in [-0.05, 0) is 37.1 Å². The number of fused-ring (bicyclic) bond motifs is 1. The Morgan fingerprint density at radius 1 is 0.966 bits per heavy atom. The lowest BCUT2D eigenvalue weighted by atomic mass is 9.90. The predicted molar refractivity (Wildman–Crippen MR) is 103 cm³/mol. The van der Waals surface area contributed by atoms with Crippen molar-refractivity contribution in [1.29, 1.82) is 0 Å². The fraction of sp³-hybridized carbons (Fsp3) is 0.182. The molecule has 2 atom stereocenters. The fourth-order valence-corrected chi connectivity index (χ4v) is 3.71. The van der Waals surface area contributed by atoms with Gasteiger partial charge in [-0.3, -0.25) is 19.3 Å². The van der Waals surface area contributed by atoms with E-state index in [0.717, 1.165) is 9.80 Å². The van der Waals surface area contributed by atoms with Crippen LogP contribution in [0, 0.1) is 0 Å². The van der Waals surface area contributed by atoms with Crippen LogP contribution in [0.2, 0.25) is 0 Å². The molecule has 2 aliphatic rings. The number of carbonyl (C=O) groups is 4. The highest BCUT2D eigenvalue weighted by Crippen LogP contribution is 2.35. The summed E-state index contributed by atoms with van der Waals surface area (Å²) < 4.78 is 5.28. The molecule has 2 aromatic carbocycles. The highest BCUT2D eigenvalue weighted by molar-refractivity contribution is 6.24. The summed E-state index contributed by atoms with van der Waals surface area (Å²) in [5.74, 6) is -1.38. The third-order valence-corrected chi connectivity index (χ3v) is 5.10. The van der Waals surface area contributed by atoms with E-state index in [1.807, 2.05) is 0 Å². The molecule has 0 bridgehead atoms. The van der Waals surface area contributed by atoms with Crippen LogP contribution in [0.3, 0.4) is 0 Å². The van der Waals surface area contributed by atoms with E-state index in [1.165, 1.54) is 0 Å². The number of imide groups is 2. The van der Waals surface area contributed by atoms with Crippen LogP contribution in [0.5, 0.6) is 5.75 Å². The van der Waals surface area contributed by atoms with Crippen molar-refractivity contribution in [3.63, 3.8) is 0 Å². The summed E-state index contributed by atoms with van der Waals surface area (Å²) >= 11 is 0. The molecule has 0 spiro atoms. The number of hydrogen-bond donors (Lipinski definition) is 0. The third-order valence-electron chi connectivity index (χ3n) is 5.10. The maximum absolute atomic E-state index is 12.8. The molecule has 1 fully saturated rings. The van der Waals surface area contributed by atoms with Gasteiger partial charge in [0.15, 0.2) is 0 Å². The van der Waals surface area contributed by atoms with Crippen molar-refractivity contribution in [3.05, 3.63) is 78.4 Å². The van der Waals surface area contributed by atoms with E-state index < -0.39 is 35.9 Å². The minimum atomic E-state index is -1.04. The molecular formula is C22H18N2O5. The molecule has 7 heteroatoms. The molecule has 2 aliphatic heterocycles. The Morgan fingerprint density at radius 3 is 2.14 bits per heavy atom.